The topological polar surface area (TPSA) is 120 Å². The molecule has 23 heavy (non-hydrogen) atoms. The van der Waals surface area contributed by atoms with Crippen molar-refractivity contribution < 1.29 is 18.3 Å². The van der Waals surface area contributed by atoms with Gasteiger partial charge in [0.25, 0.3) is 11.4 Å². The summed E-state index contributed by atoms with van der Waals surface area (Å²) in [5.74, 6) is -0.674. The van der Waals surface area contributed by atoms with Gasteiger partial charge in [0.15, 0.2) is 13.5 Å². The summed E-state index contributed by atoms with van der Waals surface area (Å²) >= 11 is 6.43. The Kier molecular flexibility index (Phi) is 4.66. The Morgan fingerprint density at radius 1 is 1.17 bits per heavy atom. The van der Waals surface area contributed by atoms with Crippen LogP contribution >= 0.6 is 31.9 Å². The zero-order chi connectivity index (χ0) is 17.6. The van der Waals surface area contributed by atoms with Crippen LogP contribution in [0.3, 0.4) is 0 Å². The van der Waals surface area contributed by atoms with Gasteiger partial charge in [0.2, 0.25) is 0 Å². The molecule has 0 spiro atoms. The van der Waals surface area contributed by atoms with Crippen molar-refractivity contribution >= 4 is 47.4 Å². The molecule has 0 aliphatic carbocycles. The number of hydrogen-bond donors (Lipinski definition) is 0. The summed E-state index contributed by atoms with van der Waals surface area (Å²) in [5, 5.41) is 21.7. The van der Waals surface area contributed by atoms with Crippen LogP contribution in [0.1, 0.15) is 17.3 Å². The quantitative estimate of drug-likeness (QED) is 0.379. The van der Waals surface area contributed by atoms with E-state index >= 15 is 0 Å². The minimum Gasteiger partial charge on any atom is -0.259 e. The Hall–Kier alpha value is -1.33. The number of nitro groups is 2. The van der Waals surface area contributed by atoms with Crippen molar-refractivity contribution in [3.8, 4) is 0 Å². The second-order valence-corrected chi connectivity index (χ2v) is 9.80. The number of sulfone groups is 1. The number of halogens is 2. The maximum atomic E-state index is 12.5. The molecular formula is C12H10Br2N2O6S. The standard InChI is InChI=1S/C12H10Br2N2O6S/c1-7-10(16(19)20)6-23(21,22)12(7,14)11(13)8-2-4-9(5-3-8)15(17)18/h2-5,11H,6H2,1H3. The van der Waals surface area contributed by atoms with E-state index in [0.717, 1.165) is 0 Å². The van der Waals surface area contributed by atoms with Crippen molar-refractivity contribution in [3.05, 3.63) is 61.3 Å². The highest BCUT2D eigenvalue weighted by molar-refractivity contribution is 9.13. The molecule has 1 aliphatic heterocycles. The third-order valence-electron chi connectivity index (χ3n) is 3.67. The maximum absolute atomic E-state index is 12.5. The smallest absolute Gasteiger partial charge is 0.259 e. The van der Waals surface area contributed by atoms with Gasteiger partial charge in [0.1, 0.15) is 5.75 Å². The minimum atomic E-state index is -3.88. The summed E-state index contributed by atoms with van der Waals surface area (Å²) in [7, 11) is -3.88. The SMILES string of the molecule is CC1=C([N+](=O)[O-])CS(=O)(=O)C1(Br)C(Br)c1ccc([N+](=O)[O-])cc1. The number of benzene rings is 1. The fraction of sp³-hybridized carbons (Fsp3) is 0.333. The molecule has 2 rings (SSSR count). The monoisotopic (exact) mass is 468 g/mol. The molecule has 1 aliphatic rings. The average Bonchev–Trinajstić information content (AvgIpc) is 2.68. The van der Waals surface area contributed by atoms with E-state index in [9.17, 15) is 28.6 Å². The highest BCUT2D eigenvalue weighted by Crippen LogP contribution is 2.54. The summed E-state index contributed by atoms with van der Waals surface area (Å²) in [4.78, 5) is 19.6. The molecular weight excluding hydrogens is 460 g/mol. The van der Waals surface area contributed by atoms with E-state index in [1.165, 1.54) is 31.2 Å². The lowest BCUT2D eigenvalue weighted by atomic mass is 10.0. The van der Waals surface area contributed by atoms with Crippen LogP contribution in [0, 0.1) is 20.2 Å². The lowest BCUT2D eigenvalue weighted by Gasteiger charge is -2.28. The van der Waals surface area contributed by atoms with Crippen LogP contribution in [0.25, 0.3) is 0 Å². The van der Waals surface area contributed by atoms with E-state index < -0.39 is 33.9 Å². The van der Waals surface area contributed by atoms with E-state index in [0.29, 0.717) is 5.56 Å². The zero-order valence-electron chi connectivity index (χ0n) is 11.6. The zero-order valence-corrected chi connectivity index (χ0v) is 15.6. The van der Waals surface area contributed by atoms with E-state index in [1.807, 2.05) is 0 Å². The number of hydrogen-bond acceptors (Lipinski definition) is 6. The van der Waals surface area contributed by atoms with Gasteiger partial charge in [-0.1, -0.05) is 44.0 Å². The van der Waals surface area contributed by atoms with Gasteiger partial charge >= 0.3 is 0 Å². The number of nitrogens with zero attached hydrogens (tertiary/aromatic N) is 2. The molecule has 124 valence electrons. The molecule has 1 aromatic rings. The molecule has 0 aromatic heterocycles. The predicted octanol–water partition coefficient (Wildman–Crippen LogP) is 3.10. The van der Waals surface area contributed by atoms with Crippen molar-refractivity contribution in [2.45, 2.75) is 15.4 Å². The molecule has 1 aromatic carbocycles. The lowest BCUT2D eigenvalue weighted by Crippen LogP contribution is -2.34. The third-order valence-corrected chi connectivity index (χ3v) is 10.4. The van der Waals surface area contributed by atoms with Crippen LogP contribution in [0.4, 0.5) is 5.69 Å². The van der Waals surface area contributed by atoms with Crippen LogP contribution in [-0.2, 0) is 9.84 Å². The average molecular weight is 470 g/mol. The fourth-order valence-corrected chi connectivity index (χ4v) is 6.61. The van der Waals surface area contributed by atoms with Gasteiger partial charge in [-0.3, -0.25) is 20.2 Å². The Balaban J connectivity index is 2.53. The van der Waals surface area contributed by atoms with Gasteiger partial charge in [-0.15, -0.1) is 0 Å². The number of rotatable bonds is 4. The van der Waals surface area contributed by atoms with Gasteiger partial charge in [0, 0.05) is 17.7 Å². The Morgan fingerprint density at radius 2 is 1.70 bits per heavy atom. The largest absolute Gasteiger partial charge is 0.269 e. The van der Waals surface area contributed by atoms with E-state index in [1.54, 1.807) is 0 Å². The first-order valence-electron chi connectivity index (χ1n) is 6.16. The predicted molar refractivity (Wildman–Crippen MR) is 89.9 cm³/mol. The first-order chi connectivity index (χ1) is 10.5. The van der Waals surface area contributed by atoms with Gasteiger partial charge in [-0.25, -0.2) is 8.42 Å². The van der Waals surface area contributed by atoms with Crippen molar-refractivity contribution in [3.63, 3.8) is 0 Å². The molecule has 1 heterocycles. The summed E-state index contributed by atoms with van der Waals surface area (Å²) in [5.41, 5.74) is 0.0283. The molecule has 2 unspecified atom stereocenters. The summed E-state index contributed by atoms with van der Waals surface area (Å²) in [6, 6.07) is 5.31. The maximum Gasteiger partial charge on any atom is 0.269 e. The third kappa shape index (κ3) is 2.81. The molecule has 0 bridgehead atoms. The second kappa shape index (κ2) is 5.95. The molecule has 8 nitrogen and oxygen atoms in total. The lowest BCUT2D eigenvalue weighted by molar-refractivity contribution is -0.424. The van der Waals surface area contributed by atoms with E-state index in [-0.39, 0.29) is 17.0 Å². The first-order valence-corrected chi connectivity index (χ1v) is 9.52. The Labute approximate surface area is 148 Å². The Morgan fingerprint density at radius 3 is 2.09 bits per heavy atom. The summed E-state index contributed by atoms with van der Waals surface area (Å²) in [6.07, 6.45) is 0. The molecule has 0 saturated carbocycles. The number of alkyl halides is 2. The van der Waals surface area contributed by atoms with Crippen LogP contribution in [0.5, 0.6) is 0 Å². The first kappa shape index (κ1) is 18.0. The summed E-state index contributed by atoms with van der Waals surface area (Å²) < 4.78 is 23.3. The van der Waals surface area contributed by atoms with Crippen molar-refractivity contribution in [2.24, 2.45) is 0 Å². The summed E-state index contributed by atoms with van der Waals surface area (Å²) in [6.45, 7) is 1.39. The molecule has 0 saturated heterocycles. The van der Waals surface area contributed by atoms with Crippen LogP contribution in [-0.4, -0.2) is 27.7 Å². The highest BCUT2D eigenvalue weighted by atomic mass is 79.9. The second-order valence-electron chi connectivity index (χ2n) is 4.94. The molecule has 0 fully saturated rings. The molecule has 0 radical (unpaired) electrons. The minimum absolute atomic E-state index is 0.0859. The normalized spacial score (nSPS) is 24.5. The molecule has 11 heteroatoms. The Bertz CT molecular complexity index is 820. The fourth-order valence-electron chi connectivity index (χ4n) is 2.34. The molecule has 2 atom stereocenters. The molecule has 0 amide bonds. The van der Waals surface area contributed by atoms with Crippen LogP contribution in [0.15, 0.2) is 35.5 Å². The van der Waals surface area contributed by atoms with Gasteiger partial charge in [0.05, 0.1) is 14.7 Å². The van der Waals surface area contributed by atoms with E-state index in [2.05, 4.69) is 31.9 Å². The van der Waals surface area contributed by atoms with Crippen LogP contribution < -0.4 is 0 Å². The number of non-ortho nitro benzene ring substituents is 1. The van der Waals surface area contributed by atoms with Crippen molar-refractivity contribution in [1.29, 1.82) is 0 Å². The van der Waals surface area contributed by atoms with Gasteiger partial charge < -0.3 is 0 Å². The van der Waals surface area contributed by atoms with Gasteiger partial charge in [-0.2, -0.15) is 0 Å². The van der Waals surface area contributed by atoms with Crippen molar-refractivity contribution in [1.82, 2.24) is 0 Å². The highest BCUT2D eigenvalue weighted by Gasteiger charge is 2.58. The van der Waals surface area contributed by atoms with Crippen molar-refractivity contribution in [2.75, 3.05) is 5.75 Å². The molecule has 0 N–H and O–H groups in total. The van der Waals surface area contributed by atoms with E-state index in [4.69, 9.17) is 0 Å². The number of nitro benzene ring substituents is 1. The van der Waals surface area contributed by atoms with Crippen LogP contribution in [0.2, 0.25) is 0 Å². The van der Waals surface area contributed by atoms with Gasteiger partial charge in [-0.05, 0) is 12.5 Å².